The van der Waals surface area contributed by atoms with Gasteiger partial charge in [-0.25, -0.2) is 8.42 Å². The highest BCUT2D eigenvalue weighted by Gasteiger charge is 2.43. The van der Waals surface area contributed by atoms with Crippen LogP contribution in [-0.4, -0.2) is 24.7 Å². The van der Waals surface area contributed by atoms with Gasteiger partial charge in [-0.3, -0.25) is 9.59 Å². The molecule has 0 saturated carbocycles. The van der Waals surface area contributed by atoms with Crippen molar-refractivity contribution < 1.29 is 18.0 Å². The standard InChI is InChI=1S/C30H26O4S/c1-21-9-19-27(20-10-21)35(33,34)30(2,3)29(32)26-17-13-23(14-18-26)22-11-15-25(16-12-22)28(31)24-7-5-4-6-8-24/h4-20H,1-3H3. The van der Waals surface area contributed by atoms with Gasteiger partial charge in [0.15, 0.2) is 21.4 Å². The molecule has 0 unspecified atom stereocenters. The number of rotatable bonds is 7. The topological polar surface area (TPSA) is 68.3 Å². The second kappa shape index (κ2) is 9.43. The second-order valence-electron chi connectivity index (χ2n) is 9.01. The molecule has 176 valence electrons. The van der Waals surface area contributed by atoms with Gasteiger partial charge in [0.05, 0.1) is 4.90 Å². The van der Waals surface area contributed by atoms with E-state index in [1.54, 1.807) is 60.7 Å². The lowest BCUT2D eigenvalue weighted by Gasteiger charge is -2.23. The first-order chi connectivity index (χ1) is 16.6. The lowest BCUT2D eigenvalue weighted by Crippen LogP contribution is -2.40. The lowest BCUT2D eigenvalue weighted by molar-refractivity contribution is 0.0953. The van der Waals surface area contributed by atoms with E-state index in [0.717, 1.165) is 16.7 Å². The van der Waals surface area contributed by atoms with Crippen molar-refractivity contribution in [2.24, 2.45) is 0 Å². The number of hydrogen-bond donors (Lipinski definition) is 0. The first-order valence-corrected chi connectivity index (χ1v) is 12.8. The van der Waals surface area contributed by atoms with E-state index < -0.39 is 20.4 Å². The van der Waals surface area contributed by atoms with Crippen LogP contribution in [0.1, 0.15) is 45.7 Å². The van der Waals surface area contributed by atoms with Gasteiger partial charge in [-0.1, -0.05) is 96.6 Å². The fraction of sp³-hybridized carbons (Fsp3) is 0.133. The summed E-state index contributed by atoms with van der Waals surface area (Å²) >= 11 is 0. The van der Waals surface area contributed by atoms with Gasteiger partial charge in [-0.2, -0.15) is 0 Å². The van der Waals surface area contributed by atoms with Gasteiger partial charge in [-0.05, 0) is 44.0 Å². The Morgan fingerprint density at radius 2 is 1.06 bits per heavy atom. The van der Waals surface area contributed by atoms with Crippen LogP contribution in [0, 0.1) is 6.92 Å². The summed E-state index contributed by atoms with van der Waals surface area (Å²) in [5.41, 5.74) is 4.24. The zero-order valence-electron chi connectivity index (χ0n) is 19.9. The van der Waals surface area contributed by atoms with E-state index in [4.69, 9.17) is 0 Å². The Kier molecular flexibility index (Phi) is 6.55. The Hall–Kier alpha value is -3.83. The third kappa shape index (κ3) is 4.73. The summed E-state index contributed by atoms with van der Waals surface area (Å²) < 4.78 is 24.8. The van der Waals surface area contributed by atoms with E-state index in [1.807, 2.05) is 37.3 Å². The molecule has 0 bridgehead atoms. The molecule has 0 radical (unpaired) electrons. The van der Waals surface area contributed by atoms with Crippen LogP contribution in [0.2, 0.25) is 0 Å². The average molecular weight is 483 g/mol. The molecule has 0 atom stereocenters. The Morgan fingerprint density at radius 3 is 1.57 bits per heavy atom. The molecule has 4 aromatic carbocycles. The molecule has 4 aromatic rings. The van der Waals surface area contributed by atoms with Gasteiger partial charge in [0.2, 0.25) is 0 Å². The number of carbonyl (C=O) groups excluding carboxylic acids is 2. The fourth-order valence-corrected chi connectivity index (χ4v) is 5.31. The fourth-order valence-electron chi connectivity index (χ4n) is 3.87. The summed E-state index contributed by atoms with van der Waals surface area (Å²) in [4.78, 5) is 26.0. The molecule has 4 nitrogen and oxygen atoms in total. The van der Waals surface area contributed by atoms with Crippen LogP contribution >= 0.6 is 0 Å². The van der Waals surface area contributed by atoms with Crippen LogP contribution in [0.3, 0.4) is 0 Å². The van der Waals surface area contributed by atoms with E-state index in [-0.39, 0.29) is 10.7 Å². The van der Waals surface area contributed by atoms with Gasteiger partial charge >= 0.3 is 0 Å². The van der Waals surface area contributed by atoms with Crippen LogP contribution in [0.4, 0.5) is 0 Å². The third-order valence-corrected chi connectivity index (χ3v) is 8.64. The van der Waals surface area contributed by atoms with Crippen LogP contribution in [-0.2, 0) is 9.84 Å². The van der Waals surface area contributed by atoms with E-state index >= 15 is 0 Å². The summed E-state index contributed by atoms with van der Waals surface area (Å²) in [7, 11) is -3.88. The Morgan fingerprint density at radius 1 is 0.600 bits per heavy atom. The summed E-state index contributed by atoms with van der Waals surface area (Å²) in [6, 6.07) is 29.8. The highest BCUT2D eigenvalue weighted by atomic mass is 32.2. The number of Topliss-reactive ketones (excluding diaryl/α,β-unsaturated/α-hetero) is 1. The van der Waals surface area contributed by atoms with Crippen LogP contribution in [0.25, 0.3) is 11.1 Å². The van der Waals surface area contributed by atoms with Crippen molar-refractivity contribution in [2.75, 3.05) is 0 Å². The van der Waals surface area contributed by atoms with Crippen LogP contribution in [0.15, 0.2) is 108 Å². The summed E-state index contributed by atoms with van der Waals surface area (Å²) in [5.74, 6) is -0.511. The summed E-state index contributed by atoms with van der Waals surface area (Å²) in [6.45, 7) is 4.77. The summed E-state index contributed by atoms with van der Waals surface area (Å²) in [5, 5.41) is 0. The highest BCUT2D eigenvalue weighted by molar-refractivity contribution is 7.93. The van der Waals surface area contributed by atoms with Gasteiger partial charge in [0.1, 0.15) is 4.75 Å². The Bertz CT molecular complexity index is 1470. The minimum Gasteiger partial charge on any atom is -0.292 e. The first-order valence-electron chi connectivity index (χ1n) is 11.3. The molecule has 0 spiro atoms. The predicted octanol–water partition coefficient (Wildman–Crippen LogP) is 6.33. The van der Waals surface area contributed by atoms with Crippen molar-refractivity contribution >= 4 is 21.4 Å². The molecule has 0 heterocycles. The molecule has 4 rings (SSSR count). The molecule has 0 aliphatic carbocycles. The molecule has 0 N–H and O–H groups in total. The number of ketones is 2. The SMILES string of the molecule is Cc1ccc(S(=O)(=O)C(C)(C)C(=O)c2ccc(-c3ccc(C(=O)c4ccccc4)cc3)cc2)cc1. The minimum absolute atomic E-state index is 0.0462. The van der Waals surface area contributed by atoms with Crippen LogP contribution in [0.5, 0.6) is 0 Å². The molecule has 0 aliphatic rings. The molecule has 35 heavy (non-hydrogen) atoms. The van der Waals surface area contributed by atoms with E-state index in [9.17, 15) is 18.0 Å². The Labute approximate surface area is 206 Å². The van der Waals surface area contributed by atoms with Gasteiger partial charge < -0.3 is 0 Å². The maximum atomic E-state index is 13.2. The average Bonchev–Trinajstić information content (AvgIpc) is 2.88. The van der Waals surface area contributed by atoms with E-state index in [0.29, 0.717) is 16.7 Å². The normalized spacial score (nSPS) is 11.7. The first kappa shape index (κ1) is 24.3. The van der Waals surface area contributed by atoms with E-state index in [1.165, 1.54) is 26.0 Å². The third-order valence-electron chi connectivity index (χ3n) is 6.21. The summed E-state index contributed by atoms with van der Waals surface area (Å²) in [6.07, 6.45) is 0. The number of aryl methyl sites for hydroxylation is 1. The monoisotopic (exact) mass is 482 g/mol. The smallest absolute Gasteiger partial charge is 0.193 e. The van der Waals surface area contributed by atoms with Crippen molar-refractivity contribution in [1.29, 1.82) is 0 Å². The maximum absolute atomic E-state index is 13.2. The van der Waals surface area contributed by atoms with Crippen LogP contribution < -0.4 is 0 Å². The van der Waals surface area contributed by atoms with E-state index in [2.05, 4.69) is 0 Å². The number of carbonyl (C=O) groups is 2. The molecule has 0 saturated heterocycles. The predicted molar refractivity (Wildman–Crippen MR) is 139 cm³/mol. The molecule has 0 aliphatic heterocycles. The zero-order valence-corrected chi connectivity index (χ0v) is 20.7. The quantitative estimate of drug-likeness (QED) is 0.289. The van der Waals surface area contributed by atoms with Crippen molar-refractivity contribution in [3.8, 4) is 11.1 Å². The zero-order chi connectivity index (χ0) is 25.2. The van der Waals surface area contributed by atoms with Gasteiger partial charge in [0, 0.05) is 16.7 Å². The van der Waals surface area contributed by atoms with Gasteiger partial charge in [0.25, 0.3) is 0 Å². The molecule has 0 amide bonds. The van der Waals surface area contributed by atoms with Gasteiger partial charge in [-0.15, -0.1) is 0 Å². The molecule has 0 aromatic heterocycles. The molecular formula is C30H26O4S. The number of hydrogen-bond acceptors (Lipinski definition) is 4. The highest BCUT2D eigenvalue weighted by Crippen LogP contribution is 2.30. The van der Waals surface area contributed by atoms with Crippen molar-refractivity contribution in [3.05, 3.63) is 125 Å². The van der Waals surface area contributed by atoms with Crippen molar-refractivity contribution in [3.63, 3.8) is 0 Å². The number of sulfone groups is 1. The Balaban J connectivity index is 1.55. The second-order valence-corrected chi connectivity index (χ2v) is 11.5. The largest absolute Gasteiger partial charge is 0.292 e. The van der Waals surface area contributed by atoms with Crippen molar-refractivity contribution in [2.45, 2.75) is 30.4 Å². The molecular weight excluding hydrogens is 456 g/mol. The minimum atomic E-state index is -3.88. The molecule has 0 fully saturated rings. The molecule has 5 heteroatoms. The van der Waals surface area contributed by atoms with Crippen molar-refractivity contribution in [1.82, 2.24) is 0 Å². The number of benzene rings is 4. The lowest BCUT2D eigenvalue weighted by atomic mass is 9.96. The maximum Gasteiger partial charge on any atom is 0.193 e.